The van der Waals surface area contributed by atoms with E-state index in [2.05, 4.69) is 13.5 Å². The molecule has 0 aromatic rings. The van der Waals surface area contributed by atoms with E-state index in [-0.39, 0.29) is 44.4 Å². The summed E-state index contributed by atoms with van der Waals surface area (Å²) in [5, 5.41) is 18.8. The van der Waals surface area contributed by atoms with Gasteiger partial charge in [0.2, 0.25) is 0 Å². The Morgan fingerprint density at radius 1 is 1.04 bits per heavy atom. The van der Waals surface area contributed by atoms with Crippen molar-refractivity contribution in [2.45, 2.75) is 44.9 Å². The van der Waals surface area contributed by atoms with Gasteiger partial charge >= 0.3 is 12.1 Å². The Kier molecular flexibility index (Phi) is 8.34. The summed E-state index contributed by atoms with van der Waals surface area (Å²) in [5.41, 5.74) is 0. The van der Waals surface area contributed by atoms with Crippen LogP contribution >= 0.6 is 0 Å². The zero-order chi connectivity index (χ0) is 20.7. The van der Waals surface area contributed by atoms with Crippen LogP contribution in [0.25, 0.3) is 0 Å². The summed E-state index contributed by atoms with van der Waals surface area (Å²) < 4.78 is 10.8. The number of aliphatic hydroxyl groups excluding tert-OH is 2. The number of carbonyl (C=O) groups excluding carboxylic acids is 2. The number of urea groups is 2. The predicted molar refractivity (Wildman–Crippen MR) is 101 cm³/mol. The van der Waals surface area contributed by atoms with Gasteiger partial charge in [-0.05, 0) is 12.8 Å². The molecule has 2 atom stereocenters. The predicted octanol–water partition coefficient (Wildman–Crippen LogP) is 1.34. The van der Waals surface area contributed by atoms with E-state index in [1.54, 1.807) is 4.90 Å². The molecule has 10 nitrogen and oxygen atoms in total. The third-order valence-corrected chi connectivity index (χ3v) is 4.87. The first-order valence-electron chi connectivity index (χ1n) is 9.66. The number of hydrogen-bond donors (Lipinski definition) is 2. The first kappa shape index (κ1) is 22.3. The van der Waals surface area contributed by atoms with Gasteiger partial charge in [0.25, 0.3) is 0 Å². The zero-order valence-corrected chi connectivity index (χ0v) is 16.7. The molecule has 0 aliphatic carbocycles. The van der Waals surface area contributed by atoms with Crippen LogP contribution < -0.4 is 0 Å². The number of β-amino-alcohol motifs (C(OH)–C–C–N with tert-alkyl or cyclic N) is 1. The van der Waals surface area contributed by atoms with Gasteiger partial charge in [0.15, 0.2) is 6.17 Å². The molecule has 2 saturated heterocycles. The van der Waals surface area contributed by atoms with Crippen molar-refractivity contribution in [1.82, 2.24) is 19.6 Å². The second-order valence-corrected chi connectivity index (χ2v) is 6.92. The van der Waals surface area contributed by atoms with Gasteiger partial charge in [-0.1, -0.05) is 19.9 Å². The van der Waals surface area contributed by atoms with E-state index >= 15 is 0 Å². The highest BCUT2D eigenvalue weighted by Gasteiger charge is 2.58. The Labute approximate surface area is 165 Å². The highest BCUT2D eigenvalue weighted by molar-refractivity contribution is 5.85. The molecule has 2 aliphatic heterocycles. The average Bonchev–Trinajstić information content (AvgIpc) is 3.06. The lowest BCUT2D eigenvalue weighted by Gasteiger charge is -2.29. The molecule has 0 saturated carbocycles. The summed E-state index contributed by atoms with van der Waals surface area (Å²) in [6.07, 6.45) is 1.63. The van der Waals surface area contributed by atoms with Gasteiger partial charge in [-0.3, -0.25) is 19.6 Å². The molecule has 2 rings (SSSR count). The molecule has 0 spiro atoms. The average molecular weight is 400 g/mol. The first-order chi connectivity index (χ1) is 13.5. The molecule has 2 N–H and O–H groups in total. The lowest BCUT2D eigenvalue weighted by atomic mass is 10.2. The van der Waals surface area contributed by atoms with Crippen molar-refractivity contribution in [3.63, 3.8) is 0 Å². The Hall–Kier alpha value is -2.04. The number of hydrogen-bond acceptors (Lipinski definition) is 6. The minimum absolute atomic E-state index is 0.0366. The number of ether oxygens (including phenoxy) is 2. The van der Waals surface area contributed by atoms with Crippen LogP contribution in [0.3, 0.4) is 0 Å². The van der Waals surface area contributed by atoms with Gasteiger partial charge in [0, 0.05) is 33.2 Å². The van der Waals surface area contributed by atoms with Crippen LogP contribution in [0.5, 0.6) is 0 Å². The van der Waals surface area contributed by atoms with Crippen molar-refractivity contribution >= 4 is 12.1 Å². The van der Waals surface area contributed by atoms with Crippen LogP contribution in [0.2, 0.25) is 0 Å². The van der Waals surface area contributed by atoms with Gasteiger partial charge in [-0.2, -0.15) is 0 Å². The molecule has 2 aliphatic rings. The number of aliphatic hydroxyl groups is 2. The highest BCUT2D eigenvalue weighted by Crippen LogP contribution is 2.35. The second-order valence-electron chi connectivity index (χ2n) is 6.92. The molecular formula is C18H32N4O6. The van der Waals surface area contributed by atoms with Crippen LogP contribution in [-0.4, -0.2) is 101 Å². The van der Waals surface area contributed by atoms with Crippen molar-refractivity contribution in [2.75, 3.05) is 46.9 Å². The number of fused-ring (bicyclic) bond motifs is 1. The maximum absolute atomic E-state index is 13.0. The molecule has 0 bridgehead atoms. The van der Waals surface area contributed by atoms with Crippen LogP contribution in [-0.2, 0) is 9.47 Å². The van der Waals surface area contributed by atoms with Gasteiger partial charge in [-0.15, -0.1) is 0 Å². The number of carbonyl (C=O) groups is 2. The highest BCUT2D eigenvalue weighted by atomic mass is 16.5. The lowest BCUT2D eigenvalue weighted by molar-refractivity contribution is -0.0164. The molecule has 2 heterocycles. The lowest BCUT2D eigenvalue weighted by Crippen LogP contribution is -2.48. The summed E-state index contributed by atoms with van der Waals surface area (Å²) in [5.74, 6) is 0.0533. The summed E-state index contributed by atoms with van der Waals surface area (Å²) in [6.45, 7) is 6.40. The Morgan fingerprint density at radius 3 is 2.21 bits per heavy atom. The number of allylic oxidation sites excluding steroid dienone is 1. The monoisotopic (exact) mass is 400 g/mol. The van der Waals surface area contributed by atoms with E-state index < -0.39 is 12.3 Å². The quantitative estimate of drug-likeness (QED) is 0.357. The molecule has 160 valence electrons. The van der Waals surface area contributed by atoms with Crippen LogP contribution in [0.15, 0.2) is 12.3 Å². The molecule has 0 aromatic heterocycles. The maximum Gasteiger partial charge on any atom is 0.325 e. The number of nitrogens with zero attached hydrogens (tertiary/aromatic N) is 4. The fraction of sp³-hybridized carbons (Fsp3) is 0.778. The van der Waals surface area contributed by atoms with Gasteiger partial charge in [0.1, 0.15) is 19.6 Å². The SMILES string of the molecule is C=C(O)CCCN1C(=O)N(COC)C2C1N(CCO)C(=O)N2COCCCC. The summed E-state index contributed by atoms with van der Waals surface area (Å²) in [4.78, 5) is 32.0. The maximum atomic E-state index is 13.0. The third-order valence-electron chi connectivity index (χ3n) is 4.87. The number of unbranched alkanes of at least 4 members (excludes halogenated alkanes) is 1. The normalized spacial score (nSPS) is 21.8. The van der Waals surface area contributed by atoms with Gasteiger partial charge in [0.05, 0.1) is 12.4 Å². The van der Waals surface area contributed by atoms with E-state index in [9.17, 15) is 19.8 Å². The van der Waals surface area contributed by atoms with E-state index in [0.29, 0.717) is 26.0 Å². The Balaban J connectivity index is 2.23. The van der Waals surface area contributed by atoms with Gasteiger partial charge in [-0.25, -0.2) is 9.59 Å². The second kappa shape index (κ2) is 10.5. The molecule has 28 heavy (non-hydrogen) atoms. The van der Waals surface area contributed by atoms with Crippen molar-refractivity contribution < 1.29 is 29.3 Å². The molecule has 0 radical (unpaired) electrons. The van der Waals surface area contributed by atoms with Crippen LogP contribution in [0, 0.1) is 0 Å². The number of methoxy groups -OCH3 is 1. The minimum Gasteiger partial charge on any atom is -0.513 e. The molecule has 2 unspecified atom stereocenters. The standard InChI is InChI=1S/C18H32N4O6/c1-4-5-11-28-13-22-16-15(20(9-10-23)18(22)26)19(8-6-7-14(2)24)17(25)21(16)12-27-3/h15-16,23-24H,2,4-13H2,1,3H3. The fourth-order valence-electron chi connectivity index (χ4n) is 3.59. The molecular weight excluding hydrogens is 368 g/mol. The van der Waals surface area contributed by atoms with Crippen molar-refractivity contribution in [2.24, 2.45) is 0 Å². The number of rotatable bonds is 13. The molecule has 4 amide bonds. The Morgan fingerprint density at radius 2 is 1.64 bits per heavy atom. The van der Waals surface area contributed by atoms with E-state index in [4.69, 9.17) is 9.47 Å². The van der Waals surface area contributed by atoms with Crippen molar-refractivity contribution in [1.29, 1.82) is 0 Å². The van der Waals surface area contributed by atoms with E-state index in [0.717, 1.165) is 12.8 Å². The molecule has 2 fully saturated rings. The molecule has 0 aromatic carbocycles. The van der Waals surface area contributed by atoms with Crippen LogP contribution in [0.4, 0.5) is 9.59 Å². The Bertz CT molecular complexity index is 556. The topological polar surface area (TPSA) is 106 Å². The van der Waals surface area contributed by atoms with Crippen molar-refractivity contribution in [3.05, 3.63) is 12.3 Å². The minimum atomic E-state index is -0.564. The largest absolute Gasteiger partial charge is 0.513 e. The van der Waals surface area contributed by atoms with Gasteiger partial charge < -0.3 is 19.7 Å². The summed E-state index contributed by atoms with van der Waals surface area (Å²) >= 11 is 0. The van der Waals surface area contributed by atoms with E-state index in [1.165, 1.54) is 21.8 Å². The summed E-state index contributed by atoms with van der Waals surface area (Å²) in [7, 11) is 1.49. The molecule has 10 heteroatoms. The van der Waals surface area contributed by atoms with E-state index in [1.807, 2.05) is 0 Å². The fourth-order valence-corrected chi connectivity index (χ4v) is 3.59. The van der Waals surface area contributed by atoms with Crippen molar-refractivity contribution in [3.8, 4) is 0 Å². The third kappa shape index (κ3) is 4.68. The number of amides is 4. The first-order valence-corrected chi connectivity index (χ1v) is 9.66. The summed E-state index contributed by atoms with van der Waals surface area (Å²) in [6, 6.07) is -0.542. The zero-order valence-electron chi connectivity index (χ0n) is 16.7. The van der Waals surface area contributed by atoms with Crippen LogP contribution in [0.1, 0.15) is 32.6 Å². The smallest absolute Gasteiger partial charge is 0.325 e.